The number of carbonyl (C=O) groups is 1. The number of benzene rings is 2. The summed E-state index contributed by atoms with van der Waals surface area (Å²) in [6.45, 7) is 0. The molecule has 2 aromatic carbocycles. The monoisotopic (exact) mass is 360 g/mol. The fraction of sp³-hybridized carbons (Fsp3) is 0.0500. The number of amides is 1. The summed E-state index contributed by atoms with van der Waals surface area (Å²) >= 11 is 1.64. The maximum Gasteiger partial charge on any atom is 0.221 e. The third-order valence-electron chi connectivity index (χ3n) is 3.98. The van der Waals surface area contributed by atoms with Gasteiger partial charge in [-0.2, -0.15) is 0 Å². The van der Waals surface area contributed by atoms with Gasteiger partial charge in [-0.1, -0.05) is 42.5 Å². The van der Waals surface area contributed by atoms with E-state index in [2.05, 4.69) is 33.5 Å². The Labute approximate surface area is 154 Å². The normalized spacial score (nSPS) is 10.8. The molecule has 4 rings (SSSR count). The van der Waals surface area contributed by atoms with Crippen molar-refractivity contribution in [1.82, 2.24) is 9.97 Å². The van der Waals surface area contributed by atoms with Crippen LogP contribution in [0, 0.1) is 0 Å². The highest BCUT2D eigenvalue weighted by Crippen LogP contribution is 2.35. The lowest BCUT2D eigenvalue weighted by Gasteiger charge is -2.07. The van der Waals surface area contributed by atoms with Crippen LogP contribution in [0.1, 0.15) is 5.56 Å². The van der Waals surface area contributed by atoms with Gasteiger partial charge in [-0.05, 0) is 29.3 Å². The Morgan fingerprint density at radius 1 is 1.04 bits per heavy atom. The van der Waals surface area contributed by atoms with Crippen LogP contribution in [0.2, 0.25) is 0 Å². The van der Waals surface area contributed by atoms with Crippen molar-refractivity contribution in [2.75, 3.05) is 5.32 Å². The van der Waals surface area contributed by atoms with E-state index in [1.165, 1.54) is 0 Å². The van der Waals surface area contributed by atoms with E-state index in [0.29, 0.717) is 0 Å². The van der Waals surface area contributed by atoms with Gasteiger partial charge in [0.15, 0.2) is 0 Å². The van der Waals surface area contributed by atoms with Crippen LogP contribution >= 0.6 is 11.3 Å². The summed E-state index contributed by atoms with van der Waals surface area (Å²) in [6, 6.07) is 19.9. The molecule has 1 amide bonds. The minimum absolute atomic E-state index is 0.239. The maximum absolute atomic E-state index is 11.0. The van der Waals surface area contributed by atoms with Crippen molar-refractivity contribution in [3.8, 4) is 10.4 Å². The molecule has 26 heavy (non-hydrogen) atoms. The minimum atomic E-state index is -0.338. The fourth-order valence-electron chi connectivity index (χ4n) is 2.74. The van der Waals surface area contributed by atoms with Crippen molar-refractivity contribution in [2.24, 2.45) is 5.73 Å². The number of anilines is 2. The molecule has 6 heteroatoms. The molecule has 0 aliphatic rings. The lowest BCUT2D eigenvalue weighted by molar-refractivity contribution is -0.117. The van der Waals surface area contributed by atoms with Crippen LogP contribution in [-0.4, -0.2) is 15.9 Å². The number of thiophene rings is 1. The van der Waals surface area contributed by atoms with Crippen LogP contribution in [0.4, 0.5) is 11.5 Å². The van der Waals surface area contributed by atoms with E-state index in [1.54, 1.807) is 17.7 Å². The zero-order valence-electron chi connectivity index (χ0n) is 13.8. The highest BCUT2D eigenvalue weighted by Gasteiger charge is 2.10. The molecule has 0 spiro atoms. The van der Waals surface area contributed by atoms with E-state index in [1.807, 2.05) is 42.5 Å². The molecule has 4 aromatic rings. The summed E-state index contributed by atoms with van der Waals surface area (Å²) in [4.78, 5) is 21.9. The van der Waals surface area contributed by atoms with Gasteiger partial charge in [0.05, 0.1) is 11.8 Å². The molecule has 2 heterocycles. The molecule has 128 valence electrons. The summed E-state index contributed by atoms with van der Waals surface area (Å²) in [5, 5.41) is 4.32. The van der Waals surface area contributed by atoms with Gasteiger partial charge in [0.2, 0.25) is 5.91 Å². The minimum Gasteiger partial charge on any atom is -0.369 e. The number of primary amides is 1. The average Bonchev–Trinajstić information content (AvgIpc) is 3.09. The topological polar surface area (TPSA) is 80.9 Å². The van der Waals surface area contributed by atoms with Crippen LogP contribution < -0.4 is 11.1 Å². The van der Waals surface area contributed by atoms with E-state index in [4.69, 9.17) is 5.73 Å². The molecule has 0 fully saturated rings. The van der Waals surface area contributed by atoms with E-state index < -0.39 is 0 Å². The molecule has 0 bridgehead atoms. The Hall–Kier alpha value is -3.25. The molecule has 2 aromatic heterocycles. The molecule has 0 saturated carbocycles. The fourth-order valence-corrected chi connectivity index (χ4v) is 3.75. The Morgan fingerprint density at radius 2 is 1.81 bits per heavy atom. The van der Waals surface area contributed by atoms with Crippen molar-refractivity contribution >= 4 is 39.0 Å². The number of carbonyl (C=O) groups excluding carboxylic acids is 1. The molecule has 5 nitrogen and oxygen atoms in total. The highest BCUT2D eigenvalue weighted by atomic mass is 32.1. The van der Waals surface area contributed by atoms with Gasteiger partial charge < -0.3 is 11.1 Å². The SMILES string of the molecule is NC(=O)Cc1ccc(Nc2ncnc3sc(-c4ccccc4)cc23)cc1. The van der Waals surface area contributed by atoms with Gasteiger partial charge in [-0.15, -0.1) is 11.3 Å². The van der Waals surface area contributed by atoms with E-state index in [0.717, 1.165) is 37.7 Å². The number of nitrogens with two attached hydrogens (primary N) is 1. The first-order valence-electron chi connectivity index (χ1n) is 8.13. The summed E-state index contributed by atoms with van der Waals surface area (Å²) < 4.78 is 0. The molecular formula is C20H16N4OS. The van der Waals surface area contributed by atoms with Crippen molar-refractivity contribution in [2.45, 2.75) is 6.42 Å². The Bertz CT molecular complexity index is 1060. The lowest BCUT2D eigenvalue weighted by Crippen LogP contribution is -2.13. The molecule has 0 unspecified atom stereocenters. The first-order chi connectivity index (χ1) is 12.7. The second-order valence-corrected chi connectivity index (χ2v) is 6.91. The van der Waals surface area contributed by atoms with Crippen LogP contribution in [0.5, 0.6) is 0 Å². The van der Waals surface area contributed by atoms with Crippen LogP contribution in [0.15, 0.2) is 67.0 Å². The average molecular weight is 360 g/mol. The molecular weight excluding hydrogens is 344 g/mol. The second kappa shape index (κ2) is 6.93. The Kier molecular flexibility index (Phi) is 4.33. The first-order valence-corrected chi connectivity index (χ1v) is 8.95. The van der Waals surface area contributed by atoms with Gasteiger partial charge in [-0.25, -0.2) is 9.97 Å². The summed E-state index contributed by atoms with van der Waals surface area (Å²) in [7, 11) is 0. The molecule has 0 saturated heterocycles. The Morgan fingerprint density at radius 3 is 2.54 bits per heavy atom. The van der Waals surface area contributed by atoms with Gasteiger partial charge >= 0.3 is 0 Å². The number of hydrogen-bond donors (Lipinski definition) is 2. The molecule has 0 aliphatic heterocycles. The number of aromatic nitrogens is 2. The van der Waals surface area contributed by atoms with Crippen molar-refractivity contribution in [3.05, 3.63) is 72.6 Å². The summed E-state index contributed by atoms with van der Waals surface area (Å²) in [5.41, 5.74) is 8.17. The van der Waals surface area contributed by atoms with E-state index in [9.17, 15) is 4.79 Å². The lowest BCUT2D eigenvalue weighted by atomic mass is 10.1. The zero-order valence-corrected chi connectivity index (χ0v) is 14.7. The smallest absolute Gasteiger partial charge is 0.221 e. The molecule has 0 aliphatic carbocycles. The zero-order chi connectivity index (χ0) is 17.9. The van der Waals surface area contributed by atoms with Gasteiger partial charge in [0.1, 0.15) is 17.0 Å². The van der Waals surface area contributed by atoms with Crippen molar-refractivity contribution in [1.29, 1.82) is 0 Å². The number of hydrogen-bond acceptors (Lipinski definition) is 5. The van der Waals surface area contributed by atoms with Crippen LogP contribution in [0.25, 0.3) is 20.7 Å². The highest BCUT2D eigenvalue weighted by molar-refractivity contribution is 7.21. The number of nitrogens with zero attached hydrogens (tertiary/aromatic N) is 2. The van der Waals surface area contributed by atoms with Gasteiger partial charge in [-0.3, -0.25) is 4.79 Å². The van der Waals surface area contributed by atoms with Gasteiger partial charge in [0.25, 0.3) is 0 Å². The Balaban J connectivity index is 1.64. The van der Waals surface area contributed by atoms with Crippen LogP contribution in [-0.2, 0) is 11.2 Å². The van der Waals surface area contributed by atoms with Crippen molar-refractivity contribution < 1.29 is 4.79 Å². The quantitative estimate of drug-likeness (QED) is 0.561. The van der Waals surface area contributed by atoms with E-state index in [-0.39, 0.29) is 12.3 Å². The predicted octanol–water partition coefficient (Wildman–Crippen LogP) is 4.13. The van der Waals surface area contributed by atoms with Crippen molar-refractivity contribution in [3.63, 3.8) is 0 Å². The number of fused-ring (bicyclic) bond motifs is 1. The van der Waals surface area contributed by atoms with E-state index >= 15 is 0 Å². The number of rotatable bonds is 5. The molecule has 0 atom stereocenters. The third kappa shape index (κ3) is 3.41. The molecule has 0 radical (unpaired) electrons. The number of nitrogens with one attached hydrogen (secondary N) is 1. The third-order valence-corrected chi connectivity index (χ3v) is 5.07. The summed E-state index contributed by atoms with van der Waals surface area (Å²) in [5.74, 6) is 0.422. The standard InChI is InChI=1S/C20H16N4OS/c21-18(25)10-13-6-8-15(9-7-13)24-19-16-11-17(14-4-2-1-3-5-14)26-20(16)23-12-22-19/h1-9,11-12H,10H2,(H2,21,25)(H,22,23,24). The second-order valence-electron chi connectivity index (χ2n) is 5.88. The largest absolute Gasteiger partial charge is 0.369 e. The van der Waals surface area contributed by atoms with Crippen LogP contribution in [0.3, 0.4) is 0 Å². The summed E-state index contributed by atoms with van der Waals surface area (Å²) in [6.07, 6.45) is 1.81. The van der Waals surface area contributed by atoms with Gasteiger partial charge in [0, 0.05) is 10.6 Å². The maximum atomic E-state index is 11.0. The first kappa shape index (κ1) is 16.2. The predicted molar refractivity (Wildman–Crippen MR) is 105 cm³/mol. The molecule has 3 N–H and O–H groups in total.